The quantitative estimate of drug-likeness (QED) is 0.0616. The Morgan fingerprint density at radius 2 is 1.09 bits per heavy atom. The van der Waals surface area contributed by atoms with Gasteiger partial charge < -0.3 is 46.7 Å². The third-order valence-electron chi connectivity index (χ3n) is 11.5. The fourth-order valence-electron chi connectivity index (χ4n) is 7.86. The van der Waals surface area contributed by atoms with E-state index in [0.29, 0.717) is 57.9 Å². The van der Waals surface area contributed by atoms with Crippen molar-refractivity contribution < 1.29 is 57.1 Å². The molecule has 0 saturated carbocycles. The Balaban J connectivity index is 0.000000191. The molecule has 0 radical (unpaired) electrons. The maximum Gasteiger partial charge on any atom is 0.305 e. The summed E-state index contributed by atoms with van der Waals surface area (Å²) in [5.74, 6) is 1.59. The lowest BCUT2D eigenvalue weighted by Gasteiger charge is -2.26. The number of aryl methyl sites for hydroxylation is 2. The number of hydrogen-bond donors (Lipinski definition) is 0. The lowest BCUT2D eigenvalue weighted by Crippen LogP contribution is -2.33. The van der Waals surface area contributed by atoms with Crippen LogP contribution in [0.5, 0.6) is 11.5 Å². The van der Waals surface area contributed by atoms with Crippen molar-refractivity contribution in [2.24, 2.45) is 0 Å². The van der Waals surface area contributed by atoms with Crippen LogP contribution in [0.4, 0.5) is 0 Å². The highest BCUT2D eigenvalue weighted by Gasteiger charge is 2.27. The van der Waals surface area contributed by atoms with Gasteiger partial charge in [0.15, 0.2) is 35.2 Å². The zero-order valence-corrected chi connectivity index (χ0v) is 37.7. The minimum absolute atomic E-state index is 0.128. The van der Waals surface area contributed by atoms with E-state index in [1.165, 1.54) is 45.0 Å². The van der Waals surface area contributed by atoms with Crippen LogP contribution in [0.3, 0.4) is 0 Å². The average molecular weight is 897 g/mol. The third-order valence-corrected chi connectivity index (χ3v) is 12.2. The molecule has 7 heterocycles. The summed E-state index contributed by atoms with van der Waals surface area (Å²) in [6.45, 7) is 9.98. The van der Waals surface area contributed by atoms with Crippen molar-refractivity contribution in [1.29, 1.82) is 0 Å². The van der Waals surface area contributed by atoms with E-state index in [0.717, 1.165) is 34.7 Å². The topological polar surface area (TPSA) is 151 Å². The fourth-order valence-corrected chi connectivity index (χ4v) is 8.53. The molecule has 1 saturated heterocycles. The molecular weight excluding hydrogens is 841 g/mol. The molecule has 2 aliphatic heterocycles. The number of rotatable bonds is 18. The molecule has 5 aromatic heterocycles. The summed E-state index contributed by atoms with van der Waals surface area (Å²) in [6.07, 6.45) is 11.0. The summed E-state index contributed by atoms with van der Waals surface area (Å²) in [6, 6.07) is 12.2. The molecule has 64 heavy (non-hydrogen) atoms. The van der Waals surface area contributed by atoms with Crippen molar-refractivity contribution in [2.45, 2.75) is 97.7 Å². The van der Waals surface area contributed by atoms with E-state index >= 15 is 0 Å². The summed E-state index contributed by atoms with van der Waals surface area (Å²) < 4.78 is 48.2. The van der Waals surface area contributed by atoms with Crippen LogP contribution in [0.15, 0.2) is 83.2 Å². The summed E-state index contributed by atoms with van der Waals surface area (Å²) in [5, 5.41) is 3.73. The highest BCUT2D eigenvalue weighted by molar-refractivity contribution is 7.08. The number of esters is 4. The third kappa shape index (κ3) is 11.7. The molecule has 1 aliphatic carbocycles. The zero-order valence-electron chi connectivity index (χ0n) is 36.9. The number of carbonyl (C=O) groups excluding carboxylic acids is 4. The van der Waals surface area contributed by atoms with Crippen molar-refractivity contribution >= 4 is 46.2 Å². The smallest absolute Gasteiger partial charge is 0.305 e. The summed E-state index contributed by atoms with van der Waals surface area (Å²) in [5.41, 5.74) is 9.52. The molecular formula is C49H56N2O12S. The van der Waals surface area contributed by atoms with Gasteiger partial charge in [-0.25, -0.2) is 0 Å². The Hall–Kier alpha value is -6.22. The van der Waals surface area contributed by atoms with Crippen molar-refractivity contribution in [3.05, 3.63) is 117 Å². The van der Waals surface area contributed by atoms with Gasteiger partial charge in [-0.1, -0.05) is 12.1 Å². The molecule has 0 bridgehead atoms. The Kier molecular flexibility index (Phi) is 15.7. The summed E-state index contributed by atoms with van der Waals surface area (Å²) in [7, 11) is 0. The van der Waals surface area contributed by atoms with Gasteiger partial charge in [-0.15, -0.1) is 11.3 Å². The van der Waals surface area contributed by atoms with Crippen LogP contribution in [-0.2, 0) is 60.4 Å². The lowest BCUT2D eigenvalue weighted by atomic mass is 10.1. The van der Waals surface area contributed by atoms with Gasteiger partial charge in [-0.2, -0.15) is 0 Å². The second kappa shape index (κ2) is 21.9. The van der Waals surface area contributed by atoms with Gasteiger partial charge in [0.2, 0.25) is 0 Å². The van der Waals surface area contributed by atoms with Crippen molar-refractivity contribution in [3.8, 4) is 11.5 Å². The first-order chi connectivity index (χ1) is 31.0. The van der Waals surface area contributed by atoms with Crippen LogP contribution in [0, 0.1) is 27.7 Å². The second-order valence-corrected chi connectivity index (χ2v) is 16.6. The molecule has 1 fully saturated rings. The van der Waals surface area contributed by atoms with Gasteiger partial charge in [0.05, 0.1) is 13.2 Å². The maximum absolute atomic E-state index is 12.1. The number of fused-ring (bicyclic) bond motifs is 4. The predicted octanol–water partition coefficient (Wildman–Crippen LogP) is 8.20. The first kappa shape index (κ1) is 45.8. The molecule has 2 unspecified atom stereocenters. The molecule has 0 N–H and O–H groups in total. The van der Waals surface area contributed by atoms with Crippen molar-refractivity contribution in [3.63, 3.8) is 0 Å². The Labute approximate surface area is 376 Å². The largest absolute Gasteiger partial charge is 0.486 e. The minimum atomic E-state index is -0.358. The number of allylic oxidation sites excluding steroid dienone is 2. The molecule has 3 aliphatic rings. The molecule has 14 nitrogen and oxygen atoms in total. The van der Waals surface area contributed by atoms with Crippen LogP contribution >= 0.6 is 11.3 Å². The van der Waals surface area contributed by atoms with Crippen LogP contribution in [0.2, 0.25) is 0 Å². The van der Waals surface area contributed by atoms with Gasteiger partial charge >= 0.3 is 23.9 Å². The maximum atomic E-state index is 12.1. The van der Waals surface area contributed by atoms with Gasteiger partial charge in [0.25, 0.3) is 0 Å². The standard InChI is InChI=1S/C25H29NO6.C24H27NO6S/c1-17-18(2)26-13-4-3-7-21(26)20(17)12-14-29-24(27)10-6-11-25(28)31-16-19-15-30-22-8-5-9-23(22)32-19;1-16-17(2)25-10-4-3-6-20(25)19(16)9-11-28-23(26)7-5-8-24(27)30-13-18-12-29-21-14-32-15-22(21)31-18/h3-4,7-9,13,19H,5-6,10-12,14-16H2,1-2H3;3-4,6,10,14-15,18H,5,7-9,11-13H2,1-2H3. The first-order valence-electron chi connectivity index (χ1n) is 21.8. The van der Waals surface area contributed by atoms with Gasteiger partial charge in [0, 0.05) is 84.1 Å². The number of pyridine rings is 2. The predicted molar refractivity (Wildman–Crippen MR) is 239 cm³/mol. The average Bonchev–Trinajstić information content (AvgIpc) is 4.08. The number of thiophene rings is 1. The highest BCUT2D eigenvalue weighted by Crippen LogP contribution is 2.35. The van der Waals surface area contributed by atoms with Gasteiger partial charge in [0.1, 0.15) is 26.4 Å². The normalized spacial score (nSPS) is 16.1. The Bertz CT molecular complexity index is 2510. The first-order valence-corrected chi connectivity index (χ1v) is 22.8. The van der Waals surface area contributed by atoms with Gasteiger partial charge in [-0.3, -0.25) is 19.2 Å². The van der Waals surface area contributed by atoms with E-state index in [2.05, 4.69) is 48.6 Å². The van der Waals surface area contributed by atoms with Crippen LogP contribution in [0.25, 0.3) is 11.0 Å². The molecule has 2 atom stereocenters. The molecule has 5 aromatic rings. The minimum Gasteiger partial charge on any atom is -0.486 e. The van der Waals surface area contributed by atoms with Crippen LogP contribution in [-0.4, -0.2) is 84.5 Å². The van der Waals surface area contributed by atoms with Crippen LogP contribution < -0.4 is 9.47 Å². The molecule has 0 amide bonds. The van der Waals surface area contributed by atoms with E-state index in [1.807, 2.05) is 59.6 Å². The van der Waals surface area contributed by atoms with E-state index in [9.17, 15) is 19.2 Å². The number of ether oxygens (including phenoxy) is 8. The molecule has 0 aromatic carbocycles. The summed E-state index contributed by atoms with van der Waals surface area (Å²) >= 11 is 1.50. The van der Waals surface area contributed by atoms with E-state index in [4.69, 9.17) is 37.9 Å². The number of hydrogen-bond acceptors (Lipinski definition) is 13. The molecule has 0 spiro atoms. The zero-order chi connectivity index (χ0) is 45.0. The molecule has 8 rings (SSSR count). The SMILES string of the molecule is Cc1c(CCOC(=O)CCCC(=O)OCC2COC3=CCC=C3O2)c2ccccn2c1C.Cc1c(CCOC(=O)CCCC(=O)OCC2COc3cscc3O2)c2ccccn2c1C. The lowest BCUT2D eigenvalue weighted by molar-refractivity contribution is -0.150. The van der Waals surface area contributed by atoms with E-state index in [-0.39, 0.29) is 75.0 Å². The summed E-state index contributed by atoms with van der Waals surface area (Å²) in [4.78, 5) is 48.0. The van der Waals surface area contributed by atoms with Crippen molar-refractivity contribution in [1.82, 2.24) is 8.80 Å². The number of aromatic nitrogens is 2. The van der Waals surface area contributed by atoms with Gasteiger partial charge in [-0.05, 0) is 106 Å². The Morgan fingerprint density at radius 1 is 0.609 bits per heavy atom. The fraction of sp³-hybridized carbons (Fsp3) is 0.429. The second-order valence-electron chi connectivity index (χ2n) is 15.9. The monoisotopic (exact) mass is 896 g/mol. The number of nitrogens with zero attached hydrogens (tertiary/aromatic N) is 2. The van der Waals surface area contributed by atoms with E-state index < -0.39 is 0 Å². The molecule has 15 heteroatoms. The van der Waals surface area contributed by atoms with Crippen LogP contribution in [0.1, 0.15) is 78.6 Å². The highest BCUT2D eigenvalue weighted by atomic mass is 32.1. The van der Waals surface area contributed by atoms with Crippen molar-refractivity contribution in [2.75, 3.05) is 39.6 Å². The Morgan fingerprint density at radius 3 is 1.66 bits per heavy atom. The molecule has 340 valence electrons. The van der Waals surface area contributed by atoms with E-state index in [1.54, 1.807) is 0 Å². The number of carbonyl (C=O) groups is 4.